The predicted octanol–water partition coefficient (Wildman–Crippen LogP) is 2.47. The van der Waals surface area contributed by atoms with Gasteiger partial charge >= 0.3 is 7.12 Å². The van der Waals surface area contributed by atoms with E-state index in [0.717, 1.165) is 25.3 Å². The van der Waals surface area contributed by atoms with Crippen LogP contribution in [0, 0.1) is 0 Å². The summed E-state index contributed by atoms with van der Waals surface area (Å²) >= 11 is 0. The van der Waals surface area contributed by atoms with Gasteiger partial charge in [-0.3, -0.25) is 0 Å². The number of hydrogen-bond acceptors (Lipinski definition) is 5. The Bertz CT molecular complexity index is 479. The maximum Gasteiger partial charge on any atom is 0.482 e. The fourth-order valence-corrected chi connectivity index (χ4v) is 2.97. The van der Waals surface area contributed by atoms with Crippen LogP contribution in [0.15, 0.2) is 18.5 Å². The van der Waals surface area contributed by atoms with Crippen LogP contribution in [0.2, 0.25) is 0 Å². The van der Waals surface area contributed by atoms with E-state index < -0.39 is 0 Å². The van der Waals surface area contributed by atoms with Gasteiger partial charge in [0.1, 0.15) is 0 Å². The summed E-state index contributed by atoms with van der Waals surface area (Å²) in [5, 5.41) is 0. The highest BCUT2D eigenvalue weighted by Gasteiger charge is 2.55. The molecule has 2 fully saturated rings. The van der Waals surface area contributed by atoms with E-state index >= 15 is 0 Å². The predicted molar refractivity (Wildman–Crippen MR) is 83.1 cm³/mol. The molecule has 6 heteroatoms. The Labute approximate surface area is 127 Å². The Hall–Kier alpha value is -1.14. The molecule has 2 saturated heterocycles. The van der Waals surface area contributed by atoms with Crippen LogP contribution in [0.3, 0.4) is 0 Å². The van der Waals surface area contributed by atoms with Crippen LogP contribution in [0.4, 0.5) is 5.95 Å². The van der Waals surface area contributed by atoms with Gasteiger partial charge in [-0.25, -0.2) is 9.97 Å². The third-order valence-corrected chi connectivity index (χ3v) is 4.94. The minimum Gasteiger partial charge on any atom is -0.402 e. The van der Waals surface area contributed by atoms with Gasteiger partial charge in [0, 0.05) is 18.9 Å². The minimum absolute atomic E-state index is 0.183. The van der Waals surface area contributed by atoms with Gasteiger partial charge in [0.2, 0.25) is 5.95 Å². The highest BCUT2D eigenvalue weighted by Crippen LogP contribution is 2.39. The first-order valence-electron chi connectivity index (χ1n) is 7.80. The van der Waals surface area contributed by atoms with E-state index in [0.29, 0.717) is 0 Å². The molecule has 1 aromatic heterocycles. The van der Waals surface area contributed by atoms with Gasteiger partial charge in [-0.2, -0.15) is 0 Å². The van der Waals surface area contributed by atoms with Crippen molar-refractivity contribution in [2.75, 3.05) is 11.4 Å². The summed E-state index contributed by atoms with van der Waals surface area (Å²) in [6, 6.07) is 1.84. The monoisotopic (exact) mass is 289 g/mol. The molecule has 1 atom stereocenters. The second-order valence-electron chi connectivity index (χ2n) is 6.93. The van der Waals surface area contributed by atoms with E-state index in [4.69, 9.17) is 9.31 Å². The Morgan fingerprint density at radius 1 is 1.10 bits per heavy atom. The van der Waals surface area contributed by atoms with Crippen molar-refractivity contribution in [2.24, 2.45) is 0 Å². The molecule has 0 aromatic carbocycles. The van der Waals surface area contributed by atoms with Crippen LogP contribution in [-0.2, 0) is 9.31 Å². The van der Waals surface area contributed by atoms with Crippen molar-refractivity contribution in [3.8, 4) is 0 Å². The molecule has 0 amide bonds. The third kappa shape index (κ3) is 2.67. The number of piperidine rings is 1. The second kappa shape index (κ2) is 5.25. The van der Waals surface area contributed by atoms with Gasteiger partial charge in [-0.15, -0.1) is 0 Å². The van der Waals surface area contributed by atoms with Gasteiger partial charge in [0.05, 0.1) is 17.1 Å². The molecule has 0 aliphatic carbocycles. The molecule has 114 valence electrons. The summed E-state index contributed by atoms with van der Waals surface area (Å²) in [7, 11) is -0.223. The molecule has 0 radical (unpaired) electrons. The summed E-state index contributed by atoms with van der Waals surface area (Å²) in [5.74, 6) is 0.958. The summed E-state index contributed by atoms with van der Waals surface area (Å²) in [4.78, 5) is 11.0. The molecule has 5 nitrogen and oxygen atoms in total. The lowest BCUT2D eigenvalue weighted by atomic mass is 9.72. The second-order valence-corrected chi connectivity index (χ2v) is 6.93. The van der Waals surface area contributed by atoms with Crippen molar-refractivity contribution in [1.82, 2.24) is 9.97 Å². The molecular weight excluding hydrogens is 265 g/mol. The quantitative estimate of drug-likeness (QED) is 0.783. The van der Waals surface area contributed by atoms with Crippen LogP contribution < -0.4 is 4.90 Å². The van der Waals surface area contributed by atoms with Crippen LogP contribution in [0.1, 0.15) is 47.0 Å². The highest BCUT2D eigenvalue weighted by molar-refractivity contribution is 6.48. The zero-order valence-corrected chi connectivity index (χ0v) is 13.4. The third-order valence-electron chi connectivity index (χ3n) is 4.94. The first kappa shape index (κ1) is 14.8. The molecule has 0 bridgehead atoms. The molecule has 1 aromatic rings. The number of aromatic nitrogens is 2. The fourth-order valence-electron chi connectivity index (χ4n) is 2.97. The van der Waals surface area contributed by atoms with Crippen LogP contribution in [-0.4, -0.2) is 40.8 Å². The summed E-state index contributed by atoms with van der Waals surface area (Å²) < 4.78 is 12.5. The van der Waals surface area contributed by atoms with E-state index in [-0.39, 0.29) is 24.3 Å². The molecule has 3 rings (SSSR count). The van der Waals surface area contributed by atoms with Crippen molar-refractivity contribution in [2.45, 2.75) is 64.1 Å². The number of hydrogen-bond donors (Lipinski definition) is 0. The summed E-state index contributed by atoms with van der Waals surface area (Å²) in [6.45, 7) is 9.34. The smallest absolute Gasteiger partial charge is 0.402 e. The SMILES string of the molecule is CC1(C)OB([C@H]2CCCCN2c2ncccn2)OC1(C)C. The topological polar surface area (TPSA) is 47.5 Å². The molecule has 0 saturated carbocycles. The first-order valence-corrected chi connectivity index (χ1v) is 7.80. The van der Waals surface area contributed by atoms with E-state index in [9.17, 15) is 0 Å². The highest BCUT2D eigenvalue weighted by atomic mass is 16.7. The number of anilines is 1. The van der Waals surface area contributed by atoms with E-state index in [1.165, 1.54) is 6.42 Å². The lowest BCUT2D eigenvalue weighted by molar-refractivity contribution is 0.00578. The Morgan fingerprint density at radius 3 is 2.33 bits per heavy atom. The van der Waals surface area contributed by atoms with Gasteiger partial charge in [-0.1, -0.05) is 6.42 Å². The summed E-state index contributed by atoms with van der Waals surface area (Å²) in [5.41, 5.74) is -0.587. The molecule has 2 aliphatic heterocycles. The lowest BCUT2D eigenvalue weighted by Crippen LogP contribution is -2.51. The molecule has 0 N–H and O–H groups in total. The van der Waals surface area contributed by atoms with Crippen LogP contribution >= 0.6 is 0 Å². The van der Waals surface area contributed by atoms with Crippen molar-refractivity contribution in [3.63, 3.8) is 0 Å². The normalized spacial score (nSPS) is 27.9. The van der Waals surface area contributed by atoms with E-state index in [1.54, 1.807) is 12.4 Å². The zero-order valence-electron chi connectivity index (χ0n) is 13.4. The average Bonchev–Trinajstić information content (AvgIpc) is 2.68. The molecule has 21 heavy (non-hydrogen) atoms. The molecular formula is C15H24BN3O2. The number of rotatable bonds is 2. The van der Waals surface area contributed by atoms with Crippen molar-refractivity contribution in [1.29, 1.82) is 0 Å². The van der Waals surface area contributed by atoms with Crippen molar-refractivity contribution < 1.29 is 9.31 Å². The molecule has 0 spiro atoms. The lowest BCUT2D eigenvalue weighted by Gasteiger charge is -2.36. The van der Waals surface area contributed by atoms with Gasteiger partial charge in [0.15, 0.2) is 0 Å². The van der Waals surface area contributed by atoms with Crippen LogP contribution in [0.5, 0.6) is 0 Å². The van der Waals surface area contributed by atoms with Crippen molar-refractivity contribution >= 4 is 13.1 Å². The molecule has 2 aliphatic rings. The van der Waals surface area contributed by atoms with Gasteiger partial charge < -0.3 is 14.2 Å². The van der Waals surface area contributed by atoms with E-state index in [1.807, 2.05) is 6.07 Å². The molecule has 0 unspecified atom stereocenters. The van der Waals surface area contributed by atoms with Gasteiger partial charge in [-0.05, 0) is 46.6 Å². The Morgan fingerprint density at radius 2 is 1.71 bits per heavy atom. The largest absolute Gasteiger partial charge is 0.482 e. The minimum atomic E-state index is -0.293. The zero-order chi connectivity index (χ0) is 15.1. The average molecular weight is 289 g/mol. The van der Waals surface area contributed by atoms with Crippen molar-refractivity contribution in [3.05, 3.63) is 18.5 Å². The van der Waals surface area contributed by atoms with Gasteiger partial charge in [0.25, 0.3) is 0 Å². The fraction of sp³-hybridized carbons (Fsp3) is 0.733. The van der Waals surface area contributed by atoms with Crippen LogP contribution in [0.25, 0.3) is 0 Å². The first-order chi connectivity index (χ1) is 9.91. The Balaban J connectivity index is 1.83. The number of nitrogens with zero attached hydrogens (tertiary/aromatic N) is 3. The standard InChI is InChI=1S/C15H24BN3O2/c1-14(2)15(3,4)21-16(20-14)12-8-5-6-11-19(12)13-17-9-7-10-18-13/h7,9-10,12H,5-6,8,11H2,1-4H3/t12-/m1/s1. The van der Waals surface area contributed by atoms with E-state index in [2.05, 4.69) is 42.6 Å². The Kier molecular flexibility index (Phi) is 3.70. The maximum absolute atomic E-state index is 6.24. The summed E-state index contributed by atoms with van der Waals surface area (Å²) in [6.07, 6.45) is 6.98. The molecule has 3 heterocycles. The maximum atomic E-state index is 6.24.